The number of hydrogen-bond acceptors (Lipinski definition) is 2. The van der Waals surface area contributed by atoms with E-state index in [1.54, 1.807) is 0 Å². The summed E-state index contributed by atoms with van der Waals surface area (Å²) < 4.78 is 0. The number of aliphatic hydroxyl groups excluding tert-OH is 1. The van der Waals surface area contributed by atoms with E-state index in [4.69, 9.17) is 17.3 Å². The summed E-state index contributed by atoms with van der Waals surface area (Å²) in [5.41, 5.74) is 6.94. The Labute approximate surface area is 101 Å². The third-order valence-corrected chi connectivity index (χ3v) is 3.89. The summed E-state index contributed by atoms with van der Waals surface area (Å²) in [6, 6.07) is 7.82. The summed E-state index contributed by atoms with van der Waals surface area (Å²) in [4.78, 5) is 0. The largest absolute Gasteiger partial charge is 0.396 e. The summed E-state index contributed by atoms with van der Waals surface area (Å²) >= 11 is 5.85. The standard InChI is InChI=1S/C13H18ClNO/c14-12-5-1-10(2-6-12)7-13(8-15,9-16)11-3-4-11/h1-2,5-6,11,16H,3-4,7-9,15H2. The van der Waals surface area contributed by atoms with Crippen molar-refractivity contribution < 1.29 is 5.11 Å². The molecule has 1 aromatic rings. The first kappa shape index (κ1) is 11.9. The van der Waals surface area contributed by atoms with Gasteiger partial charge in [-0.1, -0.05) is 23.7 Å². The Balaban J connectivity index is 2.13. The maximum atomic E-state index is 9.60. The Hall–Kier alpha value is -0.570. The van der Waals surface area contributed by atoms with Crippen LogP contribution in [0.1, 0.15) is 18.4 Å². The minimum Gasteiger partial charge on any atom is -0.396 e. The molecule has 0 radical (unpaired) electrons. The van der Waals surface area contributed by atoms with Gasteiger partial charge in [0.05, 0.1) is 6.61 Å². The zero-order chi connectivity index (χ0) is 11.6. The molecule has 3 N–H and O–H groups in total. The van der Waals surface area contributed by atoms with Gasteiger partial charge in [-0.3, -0.25) is 0 Å². The first-order chi connectivity index (χ1) is 7.70. The summed E-state index contributed by atoms with van der Waals surface area (Å²) in [5, 5.41) is 10.3. The van der Waals surface area contributed by atoms with E-state index in [9.17, 15) is 5.11 Å². The highest BCUT2D eigenvalue weighted by Gasteiger charge is 2.43. The van der Waals surface area contributed by atoms with Gasteiger partial charge in [-0.05, 0) is 42.9 Å². The average Bonchev–Trinajstić information content (AvgIpc) is 3.13. The summed E-state index contributed by atoms with van der Waals surface area (Å²) in [6.07, 6.45) is 3.25. The van der Waals surface area contributed by atoms with Crippen molar-refractivity contribution >= 4 is 11.6 Å². The topological polar surface area (TPSA) is 46.2 Å². The molecule has 0 spiro atoms. The normalized spacial score (nSPS) is 19.4. The fourth-order valence-corrected chi connectivity index (χ4v) is 2.46. The lowest BCUT2D eigenvalue weighted by molar-refractivity contribution is 0.109. The van der Waals surface area contributed by atoms with E-state index in [1.807, 2.05) is 24.3 Å². The Kier molecular flexibility index (Phi) is 3.53. The molecular weight excluding hydrogens is 222 g/mol. The van der Waals surface area contributed by atoms with Crippen LogP contribution in [-0.2, 0) is 6.42 Å². The van der Waals surface area contributed by atoms with Crippen LogP contribution in [0, 0.1) is 11.3 Å². The van der Waals surface area contributed by atoms with Crippen LogP contribution < -0.4 is 5.73 Å². The lowest BCUT2D eigenvalue weighted by Gasteiger charge is -2.30. The van der Waals surface area contributed by atoms with Crippen LogP contribution >= 0.6 is 11.6 Å². The number of nitrogens with two attached hydrogens (primary N) is 1. The molecule has 1 aliphatic rings. The van der Waals surface area contributed by atoms with Crippen molar-refractivity contribution in [1.82, 2.24) is 0 Å². The first-order valence-corrected chi connectivity index (χ1v) is 6.13. The van der Waals surface area contributed by atoms with Gasteiger partial charge in [0.15, 0.2) is 0 Å². The fraction of sp³-hybridized carbons (Fsp3) is 0.538. The molecule has 1 atom stereocenters. The Bertz CT molecular complexity index is 341. The van der Waals surface area contributed by atoms with Gasteiger partial charge < -0.3 is 10.8 Å². The maximum absolute atomic E-state index is 9.60. The van der Waals surface area contributed by atoms with E-state index in [1.165, 1.54) is 18.4 Å². The minimum absolute atomic E-state index is 0.117. The van der Waals surface area contributed by atoms with Gasteiger partial charge in [0.25, 0.3) is 0 Å². The molecule has 1 fully saturated rings. The minimum atomic E-state index is -0.117. The number of halogens is 1. The summed E-state index contributed by atoms with van der Waals surface area (Å²) in [5.74, 6) is 0.596. The number of hydrogen-bond donors (Lipinski definition) is 2. The quantitative estimate of drug-likeness (QED) is 0.828. The van der Waals surface area contributed by atoms with Crippen LogP contribution in [0.2, 0.25) is 5.02 Å². The SMILES string of the molecule is NCC(CO)(Cc1ccc(Cl)cc1)C1CC1. The molecule has 0 aromatic heterocycles. The van der Waals surface area contributed by atoms with Gasteiger partial charge in [-0.25, -0.2) is 0 Å². The Morgan fingerprint density at radius 1 is 1.31 bits per heavy atom. The van der Waals surface area contributed by atoms with Gasteiger partial charge in [0, 0.05) is 17.0 Å². The Morgan fingerprint density at radius 2 is 1.94 bits per heavy atom. The second-order valence-electron chi connectivity index (χ2n) is 4.80. The molecular formula is C13H18ClNO. The second-order valence-corrected chi connectivity index (χ2v) is 5.24. The molecule has 2 rings (SSSR count). The molecule has 1 aromatic carbocycles. The Morgan fingerprint density at radius 3 is 2.38 bits per heavy atom. The predicted molar refractivity (Wildman–Crippen MR) is 66.5 cm³/mol. The van der Waals surface area contributed by atoms with Crippen LogP contribution in [0.15, 0.2) is 24.3 Å². The monoisotopic (exact) mass is 239 g/mol. The molecule has 0 heterocycles. The predicted octanol–water partition coefficient (Wildman–Crippen LogP) is 2.23. The van der Waals surface area contributed by atoms with Gasteiger partial charge in [-0.15, -0.1) is 0 Å². The highest BCUT2D eigenvalue weighted by Crippen LogP contribution is 2.46. The third kappa shape index (κ3) is 2.40. The molecule has 0 bridgehead atoms. The van der Waals surface area contributed by atoms with E-state index in [2.05, 4.69) is 0 Å². The number of benzene rings is 1. The van der Waals surface area contributed by atoms with Crippen molar-refractivity contribution in [3.05, 3.63) is 34.9 Å². The maximum Gasteiger partial charge on any atom is 0.0505 e. The van der Waals surface area contributed by atoms with E-state index in [0.29, 0.717) is 12.5 Å². The molecule has 1 unspecified atom stereocenters. The van der Waals surface area contributed by atoms with Crippen molar-refractivity contribution in [2.24, 2.45) is 17.1 Å². The number of aliphatic hydroxyl groups is 1. The van der Waals surface area contributed by atoms with Crippen molar-refractivity contribution in [2.45, 2.75) is 19.3 Å². The van der Waals surface area contributed by atoms with Gasteiger partial charge in [-0.2, -0.15) is 0 Å². The van der Waals surface area contributed by atoms with Crippen LogP contribution in [0.5, 0.6) is 0 Å². The zero-order valence-corrected chi connectivity index (χ0v) is 10.1. The van der Waals surface area contributed by atoms with Gasteiger partial charge >= 0.3 is 0 Å². The molecule has 1 aliphatic carbocycles. The molecule has 2 nitrogen and oxygen atoms in total. The van der Waals surface area contributed by atoms with Crippen molar-refractivity contribution in [1.29, 1.82) is 0 Å². The summed E-state index contributed by atoms with van der Waals surface area (Å²) in [7, 11) is 0. The molecule has 16 heavy (non-hydrogen) atoms. The molecule has 3 heteroatoms. The first-order valence-electron chi connectivity index (χ1n) is 5.75. The molecule has 0 aliphatic heterocycles. The van der Waals surface area contributed by atoms with Gasteiger partial charge in [0.2, 0.25) is 0 Å². The van der Waals surface area contributed by atoms with Crippen LogP contribution in [0.25, 0.3) is 0 Å². The van der Waals surface area contributed by atoms with Crippen molar-refractivity contribution in [3.8, 4) is 0 Å². The van der Waals surface area contributed by atoms with Crippen molar-refractivity contribution in [2.75, 3.05) is 13.2 Å². The smallest absolute Gasteiger partial charge is 0.0505 e. The van der Waals surface area contributed by atoms with E-state index >= 15 is 0 Å². The second kappa shape index (κ2) is 4.74. The van der Waals surface area contributed by atoms with Crippen LogP contribution in [0.3, 0.4) is 0 Å². The zero-order valence-electron chi connectivity index (χ0n) is 9.32. The van der Waals surface area contributed by atoms with Gasteiger partial charge in [0.1, 0.15) is 0 Å². The third-order valence-electron chi connectivity index (χ3n) is 3.63. The van der Waals surface area contributed by atoms with Crippen molar-refractivity contribution in [3.63, 3.8) is 0 Å². The lowest BCUT2D eigenvalue weighted by atomic mass is 9.78. The van der Waals surface area contributed by atoms with E-state index in [-0.39, 0.29) is 12.0 Å². The highest BCUT2D eigenvalue weighted by molar-refractivity contribution is 6.30. The molecule has 1 saturated carbocycles. The number of rotatable bonds is 5. The van der Waals surface area contributed by atoms with E-state index < -0.39 is 0 Å². The lowest BCUT2D eigenvalue weighted by Crippen LogP contribution is -2.38. The van der Waals surface area contributed by atoms with Crippen LogP contribution in [-0.4, -0.2) is 18.3 Å². The highest BCUT2D eigenvalue weighted by atomic mass is 35.5. The van der Waals surface area contributed by atoms with E-state index in [0.717, 1.165) is 11.4 Å². The molecule has 88 valence electrons. The average molecular weight is 240 g/mol. The van der Waals surface area contributed by atoms with Crippen LogP contribution in [0.4, 0.5) is 0 Å². The molecule has 0 amide bonds. The summed E-state index contributed by atoms with van der Waals surface area (Å²) in [6.45, 7) is 0.730. The molecule has 0 saturated heterocycles. The fourth-order valence-electron chi connectivity index (χ4n) is 2.34.